The number of alkyl halides is 3. The van der Waals surface area contributed by atoms with E-state index >= 15 is 0 Å². The predicted octanol–water partition coefficient (Wildman–Crippen LogP) is 1.07. The second kappa shape index (κ2) is 4.67. The lowest BCUT2D eigenvalue weighted by molar-refractivity contribution is -0.142. The van der Waals surface area contributed by atoms with E-state index in [1.807, 2.05) is 0 Å². The highest BCUT2D eigenvalue weighted by Gasteiger charge is 2.39. The summed E-state index contributed by atoms with van der Waals surface area (Å²) in [6.07, 6.45) is -3.61. The minimum absolute atomic E-state index is 0.0340. The second-order valence-electron chi connectivity index (χ2n) is 4.49. The molecule has 5 nitrogen and oxygen atoms in total. The van der Waals surface area contributed by atoms with Crippen molar-refractivity contribution in [2.24, 2.45) is 0 Å². The van der Waals surface area contributed by atoms with Gasteiger partial charge in [-0.25, -0.2) is 9.97 Å². The normalized spacial score (nSPS) is 18.8. The molecule has 0 spiro atoms. The Balaban J connectivity index is 2.39. The summed E-state index contributed by atoms with van der Waals surface area (Å²) >= 11 is 0. The van der Waals surface area contributed by atoms with E-state index in [4.69, 9.17) is 5.73 Å². The first-order valence-corrected chi connectivity index (χ1v) is 5.77. The van der Waals surface area contributed by atoms with E-state index in [0.29, 0.717) is 18.5 Å². The minimum Gasteiger partial charge on any atom is -0.368 e. The van der Waals surface area contributed by atoms with Gasteiger partial charge in [0.25, 0.3) is 0 Å². The van der Waals surface area contributed by atoms with Crippen molar-refractivity contribution in [3.05, 3.63) is 17.0 Å². The van der Waals surface area contributed by atoms with Gasteiger partial charge in [-0.3, -0.25) is 4.79 Å². The lowest BCUT2D eigenvalue weighted by Crippen LogP contribution is -2.39. The van der Waals surface area contributed by atoms with E-state index in [0.717, 1.165) is 0 Å². The Bertz CT molecular complexity index is 515. The van der Waals surface area contributed by atoms with Gasteiger partial charge < -0.3 is 11.1 Å². The van der Waals surface area contributed by atoms with Gasteiger partial charge in [-0.15, -0.1) is 0 Å². The van der Waals surface area contributed by atoms with Crippen LogP contribution in [0.15, 0.2) is 0 Å². The summed E-state index contributed by atoms with van der Waals surface area (Å²) < 4.78 is 38.7. The molecule has 0 aromatic carbocycles. The van der Waals surface area contributed by atoms with E-state index in [2.05, 4.69) is 15.3 Å². The van der Waals surface area contributed by atoms with Crippen LogP contribution in [-0.4, -0.2) is 21.9 Å². The molecule has 0 radical (unpaired) electrons. The zero-order chi connectivity index (χ0) is 14.2. The van der Waals surface area contributed by atoms with Crippen LogP contribution in [0, 0.1) is 0 Å². The third kappa shape index (κ3) is 2.94. The molecule has 3 N–H and O–H groups in total. The number of carbonyl (C=O) groups excluding carboxylic acids is 1. The fraction of sp³-hybridized carbons (Fsp3) is 0.545. The molecule has 1 atom stereocenters. The average Bonchev–Trinajstić information content (AvgIpc) is 2.26. The van der Waals surface area contributed by atoms with Crippen LogP contribution in [0.3, 0.4) is 0 Å². The van der Waals surface area contributed by atoms with Crippen molar-refractivity contribution in [3.63, 3.8) is 0 Å². The average molecular weight is 274 g/mol. The van der Waals surface area contributed by atoms with Gasteiger partial charge in [0.2, 0.25) is 11.9 Å². The number of halogens is 3. The summed E-state index contributed by atoms with van der Waals surface area (Å²) in [5, 5.41) is 2.62. The molecular weight excluding hydrogens is 261 g/mol. The first-order valence-electron chi connectivity index (χ1n) is 5.77. The van der Waals surface area contributed by atoms with Gasteiger partial charge in [-0.2, -0.15) is 13.2 Å². The molecule has 0 saturated heterocycles. The van der Waals surface area contributed by atoms with Crippen molar-refractivity contribution in [2.45, 2.75) is 38.4 Å². The summed E-state index contributed by atoms with van der Waals surface area (Å²) in [5.74, 6) is -0.637. The Kier molecular flexibility index (Phi) is 3.34. The Morgan fingerprint density at radius 2 is 2.11 bits per heavy atom. The first-order chi connectivity index (χ1) is 8.77. The summed E-state index contributed by atoms with van der Waals surface area (Å²) in [7, 11) is 0. The molecule has 1 amide bonds. The molecule has 1 aromatic rings. The van der Waals surface area contributed by atoms with E-state index in [1.54, 1.807) is 0 Å². The number of amides is 1. The number of nitrogen functional groups attached to an aromatic ring is 1. The molecule has 0 fully saturated rings. The lowest BCUT2D eigenvalue weighted by atomic mass is 9.90. The highest BCUT2D eigenvalue weighted by atomic mass is 19.4. The Morgan fingerprint density at radius 1 is 1.42 bits per heavy atom. The predicted molar refractivity (Wildman–Crippen MR) is 61.1 cm³/mol. The maximum atomic E-state index is 12.9. The van der Waals surface area contributed by atoms with Crippen LogP contribution in [0.2, 0.25) is 0 Å². The number of aryl methyl sites for hydroxylation is 1. The molecule has 0 saturated carbocycles. The number of nitrogens with one attached hydrogen (secondary N) is 1. The van der Waals surface area contributed by atoms with Gasteiger partial charge in [0, 0.05) is 24.2 Å². The Morgan fingerprint density at radius 3 is 2.68 bits per heavy atom. The monoisotopic (exact) mass is 274 g/mol. The lowest BCUT2D eigenvalue weighted by Gasteiger charge is -2.26. The van der Waals surface area contributed by atoms with Gasteiger partial charge in [0.05, 0.1) is 0 Å². The smallest absolute Gasteiger partial charge is 0.368 e. The number of nitrogens with zero attached hydrogens (tertiary/aromatic N) is 2. The van der Waals surface area contributed by atoms with Crippen molar-refractivity contribution in [1.82, 2.24) is 15.3 Å². The molecule has 1 heterocycles. The quantitative estimate of drug-likeness (QED) is 0.802. The van der Waals surface area contributed by atoms with E-state index < -0.39 is 11.9 Å². The van der Waals surface area contributed by atoms with Crippen LogP contribution in [0.5, 0.6) is 0 Å². The number of hydrogen-bond donors (Lipinski definition) is 2. The summed E-state index contributed by atoms with van der Waals surface area (Å²) in [4.78, 5) is 18.1. The number of carbonyl (C=O) groups is 1. The molecule has 8 heteroatoms. The maximum Gasteiger partial charge on any atom is 0.433 e. The van der Waals surface area contributed by atoms with Crippen molar-refractivity contribution >= 4 is 11.9 Å². The van der Waals surface area contributed by atoms with Crippen LogP contribution in [0.25, 0.3) is 0 Å². The van der Waals surface area contributed by atoms with Crippen molar-refractivity contribution in [2.75, 3.05) is 5.73 Å². The molecule has 19 heavy (non-hydrogen) atoms. The molecule has 1 unspecified atom stereocenters. The van der Waals surface area contributed by atoms with E-state index in [9.17, 15) is 18.0 Å². The number of anilines is 1. The summed E-state index contributed by atoms with van der Waals surface area (Å²) in [6.45, 7) is 1.33. The number of rotatable bonds is 1. The van der Waals surface area contributed by atoms with Gasteiger partial charge in [-0.1, -0.05) is 0 Å². The van der Waals surface area contributed by atoms with Gasteiger partial charge in [-0.05, 0) is 19.3 Å². The highest BCUT2D eigenvalue weighted by molar-refractivity contribution is 5.73. The van der Waals surface area contributed by atoms with Gasteiger partial charge in [0.1, 0.15) is 0 Å². The molecule has 1 aliphatic rings. The van der Waals surface area contributed by atoms with Crippen LogP contribution < -0.4 is 11.1 Å². The van der Waals surface area contributed by atoms with Crippen molar-refractivity contribution in [3.8, 4) is 0 Å². The van der Waals surface area contributed by atoms with Crippen LogP contribution >= 0.6 is 0 Å². The molecule has 2 rings (SSSR count). The second-order valence-corrected chi connectivity index (χ2v) is 4.49. The number of hydrogen-bond acceptors (Lipinski definition) is 4. The SMILES string of the molecule is CC(=O)NC1CCc2nc(N)nc(C(F)(F)F)c2C1. The first kappa shape index (κ1) is 13.6. The summed E-state index contributed by atoms with van der Waals surface area (Å²) in [6, 6.07) is -0.321. The number of fused-ring (bicyclic) bond motifs is 1. The van der Waals surface area contributed by atoms with Crippen LogP contribution in [0.4, 0.5) is 19.1 Å². The molecule has 104 valence electrons. The zero-order valence-electron chi connectivity index (χ0n) is 10.2. The number of aromatic nitrogens is 2. The fourth-order valence-corrected chi connectivity index (χ4v) is 2.28. The van der Waals surface area contributed by atoms with Crippen molar-refractivity contribution in [1.29, 1.82) is 0 Å². The number of nitrogens with two attached hydrogens (primary N) is 1. The maximum absolute atomic E-state index is 12.9. The standard InChI is InChI=1S/C11H13F3N4O/c1-5(19)16-6-2-3-8-7(4-6)9(11(12,13)14)18-10(15)17-8/h6H,2-4H2,1H3,(H,16,19)(H2,15,17,18). The zero-order valence-corrected chi connectivity index (χ0v) is 10.2. The van der Waals surface area contributed by atoms with E-state index in [-0.39, 0.29) is 29.9 Å². The fourth-order valence-electron chi connectivity index (χ4n) is 2.28. The van der Waals surface area contributed by atoms with E-state index in [1.165, 1.54) is 6.92 Å². The van der Waals surface area contributed by atoms with Gasteiger partial charge >= 0.3 is 6.18 Å². The van der Waals surface area contributed by atoms with Crippen LogP contribution in [0.1, 0.15) is 30.3 Å². The third-order valence-electron chi connectivity index (χ3n) is 2.97. The topological polar surface area (TPSA) is 80.9 Å². The Labute approximate surface area is 107 Å². The van der Waals surface area contributed by atoms with Crippen molar-refractivity contribution < 1.29 is 18.0 Å². The van der Waals surface area contributed by atoms with Crippen LogP contribution in [-0.2, 0) is 23.8 Å². The van der Waals surface area contributed by atoms with Gasteiger partial charge in [0.15, 0.2) is 5.69 Å². The summed E-state index contributed by atoms with van der Waals surface area (Å²) in [5.41, 5.74) is 4.66. The molecule has 0 bridgehead atoms. The highest BCUT2D eigenvalue weighted by Crippen LogP contribution is 2.34. The largest absolute Gasteiger partial charge is 0.433 e. The minimum atomic E-state index is -4.57. The Hall–Kier alpha value is -1.86. The molecular formula is C11H13F3N4O. The third-order valence-corrected chi connectivity index (χ3v) is 2.97. The molecule has 1 aliphatic carbocycles. The molecule has 0 aliphatic heterocycles. The molecule has 1 aromatic heterocycles.